The molecule has 106 valence electrons. The lowest BCUT2D eigenvalue weighted by Gasteiger charge is -2.37. The number of benzene rings is 1. The van der Waals surface area contributed by atoms with Gasteiger partial charge in [0, 0.05) is 12.6 Å². The molecule has 1 aromatic rings. The maximum absolute atomic E-state index is 13.2. The third kappa shape index (κ3) is 4.29. The van der Waals surface area contributed by atoms with Crippen molar-refractivity contribution in [1.29, 1.82) is 0 Å². The van der Waals surface area contributed by atoms with Gasteiger partial charge in [0.25, 0.3) is 0 Å². The second-order valence-electron chi connectivity index (χ2n) is 5.47. The monoisotopic (exact) mass is 265 g/mol. The van der Waals surface area contributed by atoms with Crippen LogP contribution in [-0.2, 0) is 11.2 Å². The summed E-state index contributed by atoms with van der Waals surface area (Å²) in [7, 11) is 1.99. The molecule has 1 atom stereocenters. The van der Waals surface area contributed by atoms with Gasteiger partial charge in [0.05, 0.1) is 6.10 Å². The Hall–Kier alpha value is -0.930. The van der Waals surface area contributed by atoms with Crippen LogP contribution in [0.3, 0.4) is 0 Å². The maximum atomic E-state index is 13.2. The van der Waals surface area contributed by atoms with E-state index in [1.165, 1.54) is 18.9 Å². The summed E-state index contributed by atoms with van der Waals surface area (Å²) >= 11 is 0. The van der Waals surface area contributed by atoms with Crippen LogP contribution in [0.25, 0.3) is 0 Å². The second-order valence-corrected chi connectivity index (χ2v) is 5.47. The van der Waals surface area contributed by atoms with Crippen LogP contribution in [0.5, 0.6) is 0 Å². The van der Waals surface area contributed by atoms with Crippen LogP contribution in [0.4, 0.5) is 4.39 Å². The summed E-state index contributed by atoms with van der Waals surface area (Å²) in [4.78, 5) is 0. The molecule has 0 aromatic heterocycles. The molecule has 0 bridgehead atoms. The van der Waals surface area contributed by atoms with Gasteiger partial charge < -0.3 is 10.1 Å². The quantitative estimate of drug-likeness (QED) is 0.817. The standard InChI is InChI=1S/C16H24FNO/c1-3-19-16-10-13(11-16)9-15(18-2)8-12-5-4-6-14(17)7-12/h4-7,13,15-16,18H,3,8-11H2,1-2H3. The molecule has 2 nitrogen and oxygen atoms in total. The summed E-state index contributed by atoms with van der Waals surface area (Å²) in [5.74, 6) is 0.606. The van der Waals surface area contributed by atoms with Crippen molar-refractivity contribution in [3.05, 3.63) is 35.6 Å². The highest BCUT2D eigenvalue weighted by molar-refractivity contribution is 5.17. The highest BCUT2D eigenvalue weighted by atomic mass is 19.1. The van der Waals surface area contributed by atoms with Gasteiger partial charge in [-0.3, -0.25) is 0 Å². The van der Waals surface area contributed by atoms with Crippen LogP contribution >= 0.6 is 0 Å². The van der Waals surface area contributed by atoms with Crippen LogP contribution in [0.15, 0.2) is 24.3 Å². The van der Waals surface area contributed by atoms with Crippen LogP contribution in [0, 0.1) is 11.7 Å². The molecule has 1 fully saturated rings. The predicted molar refractivity (Wildman–Crippen MR) is 75.7 cm³/mol. The number of hydrogen-bond acceptors (Lipinski definition) is 2. The molecular formula is C16H24FNO. The Morgan fingerprint density at radius 2 is 2.21 bits per heavy atom. The lowest BCUT2D eigenvalue weighted by molar-refractivity contribution is -0.0288. The fraction of sp³-hybridized carbons (Fsp3) is 0.625. The van der Waals surface area contributed by atoms with E-state index in [1.807, 2.05) is 20.0 Å². The Morgan fingerprint density at radius 1 is 1.42 bits per heavy atom. The second kappa shape index (κ2) is 7.01. The number of likely N-dealkylation sites (N-methyl/N-ethyl adjacent to an activating group) is 1. The van der Waals surface area contributed by atoms with Gasteiger partial charge in [-0.25, -0.2) is 4.39 Å². The molecule has 1 N–H and O–H groups in total. The van der Waals surface area contributed by atoms with Crippen LogP contribution in [0.1, 0.15) is 31.7 Å². The summed E-state index contributed by atoms with van der Waals surface area (Å²) in [5.41, 5.74) is 1.07. The van der Waals surface area contributed by atoms with Crippen molar-refractivity contribution in [3.63, 3.8) is 0 Å². The zero-order valence-electron chi connectivity index (χ0n) is 11.9. The van der Waals surface area contributed by atoms with Gasteiger partial charge >= 0.3 is 0 Å². The normalized spacial score (nSPS) is 23.9. The van der Waals surface area contributed by atoms with E-state index in [0.717, 1.165) is 30.9 Å². The molecule has 0 aliphatic heterocycles. The Kier molecular flexibility index (Phi) is 5.34. The van der Waals surface area contributed by atoms with Gasteiger partial charge in [-0.1, -0.05) is 12.1 Å². The van der Waals surface area contributed by atoms with Crippen molar-refractivity contribution < 1.29 is 9.13 Å². The molecule has 0 spiro atoms. The molecule has 0 amide bonds. The van der Waals surface area contributed by atoms with Gasteiger partial charge in [0.2, 0.25) is 0 Å². The van der Waals surface area contributed by atoms with Crippen LogP contribution in [-0.4, -0.2) is 25.8 Å². The summed E-state index contributed by atoms with van der Waals surface area (Å²) < 4.78 is 18.7. The number of rotatable bonds is 7. The predicted octanol–water partition coefficient (Wildman–Crippen LogP) is 3.16. The van der Waals surface area contributed by atoms with E-state index in [9.17, 15) is 4.39 Å². The topological polar surface area (TPSA) is 21.3 Å². The first-order valence-corrected chi connectivity index (χ1v) is 7.24. The Labute approximate surface area is 115 Å². The molecular weight excluding hydrogens is 241 g/mol. The smallest absolute Gasteiger partial charge is 0.123 e. The number of halogens is 1. The van der Waals surface area contributed by atoms with Gasteiger partial charge in [-0.2, -0.15) is 0 Å². The number of hydrogen-bond donors (Lipinski definition) is 1. The SMILES string of the molecule is CCOC1CC(CC(Cc2cccc(F)c2)NC)C1. The minimum Gasteiger partial charge on any atom is -0.378 e. The lowest BCUT2D eigenvalue weighted by atomic mass is 9.77. The Morgan fingerprint density at radius 3 is 2.84 bits per heavy atom. The first-order valence-electron chi connectivity index (χ1n) is 7.24. The largest absolute Gasteiger partial charge is 0.378 e. The molecule has 1 saturated carbocycles. The van der Waals surface area contributed by atoms with Gasteiger partial charge in [-0.05, 0) is 63.3 Å². The van der Waals surface area contributed by atoms with Crippen molar-refractivity contribution in [2.45, 2.75) is 44.8 Å². The van der Waals surface area contributed by atoms with E-state index in [1.54, 1.807) is 12.1 Å². The van der Waals surface area contributed by atoms with Gasteiger partial charge in [-0.15, -0.1) is 0 Å². The Bertz CT molecular complexity index is 390. The number of nitrogens with one attached hydrogen (secondary N) is 1. The average Bonchev–Trinajstić information content (AvgIpc) is 2.35. The average molecular weight is 265 g/mol. The molecule has 1 aliphatic rings. The van der Waals surface area contributed by atoms with Gasteiger partial charge in [0.15, 0.2) is 0 Å². The summed E-state index contributed by atoms with van der Waals surface area (Å²) in [5, 5.41) is 3.35. The van der Waals surface area contributed by atoms with E-state index in [4.69, 9.17) is 4.74 Å². The summed E-state index contributed by atoms with van der Waals surface area (Å²) in [6.07, 6.45) is 4.87. The van der Waals surface area contributed by atoms with Crippen molar-refractivity contribution in [2.24, 2.45) is 5.92 Å². The fourth-order valence-corrected chi connectivity index (χ4v) is 2.89. The molecule has 1 unspecified atom stereocenters. The third-order valence-corrected chi connectivity index (χ3v) is 3.99. The van der Waals surface area contributed by atoms with Crippen molar-refractivity contribution in [3.8, 4) is 0 Å². The maximum Gasteiger partial charge on any atom is 0.123 e. The molecule has 1 aliphatic carbocycles. The number of ether oxygens (including phenoxy) is 1. The first-order chi connectivity index (χ1) is 9.21. The van der Waals surface area contributed by atoms with Crippen LogP contribution in [0.2, 0.25) is 0 Å². The van der Waals surface area contributed by atoms with E-state index in [2.05, 4.69) is 5.32 Å². The molecule has 3 heteroatoms. The van der Waals surface area contributed by atoms with Crippen molar-refractivity contribution in [1.82, 2.24) is 5.32 Å². The third-order valence-electron chi connectivity index (χ3n) is 3.99. The van der Waals surface area contributed by atoms with Crippen LogP contribution < -0.4 is 5.32 Å². The Balaban J connectivity index is 1.78. The molecule has 0 heterocycles. The fourth-order valence-electron chi connectivity index (χ4n) is 2.89. The molecule has 0 saturated heterocycles. The molecule has 1 aromatic carbocycles. The minimum absolute atomic E-state index is 0.146. The van der Waals surface area contributed by atoms with E-state index in [0.29, 0.717) is 12.1 Å². The molecule has 0 radical (unpaired) electrons. The molecule has 2 rings (SSSR count). The van der Waals surface area contributed by atoms with Crippen molar-refractivity contribution >= 4 is 0 Å². The highest BCUT2D eigenvalue weighted by Gasteiger charge is 2.31. The summed E-state index contributed by atoms with van der Waals surface area (Å²) in [6.45, 7) is 2.86. The van der Waals surface area contributed by atoms with Gasteiger partial charge in [0.1, 0.15) is 5.82 Å². The highest BCUT2D eigenvalue weighted by Crippen LogP contribution is 2.34. The molecule has 19 heavy (non-hydrogen) atoms. The van der Waals surface area contributed by atoms with E-state index >= 15 is 0 Å². The zero-order chi connectivity index (χ0) is 13.7. The zero-order valence-corrected chi connectivity index (χ0v) is 11.9. The van der Waals surface area contributed by atoms with E-state index in [-0.39, 0.29) is 5.82 Å². The van der Waals surface area contributed by atoms with Crippen molar-refractivity contribution in [2.75, 3.05) is 13.7 Å². The minimum atomic E-state index is -0.146. The summed E-state index contributed by atoms with van der Waals surface area (Å²) in [6, 6.07) is 7.34. The van der Waals surface area contributed by atoms with E-state index < -0.39 is 0 Å². The lowest BCUT2D eigenvalue weighted by Crippen LogP contribution is -2.38. The first kappa shape index (κ1) is 14.5.